The van der Waals surface area contributed by atoms with E-state index >= 15 is 0 Å². The van der Waals surface area contributed by atoms with Crippen LogP contribution in [0.2, 0.25) is 0 Å². The average molecular weight is 349 g/mol. The van der Waals surface area contributed by atoms with Gasteiger partial charge >= 0.3 is 0 Å². The highest BCUT2D eigenvalue weighted by molar-refractivity contribution is 7.90. The molecule has 1 aromatic carbocycles. The largest absolute Gasteiger partial charge is 0.298 e. The van der Waals surface area contributed by atoms with Crippen LogP contribution in [0.5, 0.6) is 0 Å². The molecular formula is C19H28N2O2S. The summed E-state index contributed by atoms with van der Waals surface area (Å²) in [6.45, 7) is 3.69. The highest BCUT2D eigenvalue weighted by Crippen LogP contribution is 2.42. The van der Waals surface area contributed by atoms with Crippen molar-refractivity contribution >= 4 is 10.0 Å². The lowest BCUT2D eigenvalue weighted by Crippen LogP contribution is -2.38. The van der Waals surface area contributed by atoms with E-state index in [1.165, 1.54) is 18.4 Å². The summed E-state index contributed by atoms with van der Waals surface area (Å²) in [6, 6.07) is 10.6. The van der Waals surface area contributed by atoms with E-state index in [1.807, 2.05) is 0 Å². The number of benzene rings is 1. The van der Waals surface area contributed by atoms with E-state index in [0.29, 0.717) is 24.3 Å². The minimum atomic E-state index is -3.13. The molecule has 4 nitrogen and oxygen atoms in total. The molecule has 0 aromatic heterocycles. The molecule has 2 heterocycles. The van der Waals surface area contributed by atoms with Crippen LogP contribution in [0, 0.1) is 17.8 Å². The first-order valence-corrected chi connectivity index (χ1v) is 10.9. The first kappa shape index (κ1) is 16.6. The molecule has 4 atom stereocenters. The summed E-state index contributed by atoms with van der Waals surface area (Å²) in [6.07, 6.45) is 5.38. The van der Waals surface area contributed by atoms with Crippen LogP contribution < -0.4 is 4.72 Å². The Morgan fingerprint density at radius 2 is 1.79 bits per heavy atom. The molecule has 1 aromatic rings. The van der Waals surface area contributed by atoms with E-state index in [0.717, 1.165) is 38.9 Å². The van der Waals surface area contributed by atoms with Crippen molar-refractivity contribution in [1.82, 2.24) is 9.62 Å². The van der Waals surface area contributed by atoms with Gasteiger partial charge in [-0.05, 0) is 36.2 Å². The lowest BCUT2D eigenvalue weighted by Gasteiger charge is -2.29. The molecule has 1 N–H and O–H groups in total. The summed E-state index contributed by atoms with van der Waals surface area (Å²) in [4.78, 5) is 2.53. The standard InChI is InChI=1S/C19H28N2O2S/c22-24(23)19-10-6-2-5-9-17(19)18-14-21(13-16(18)11-20-24)12-15-7-3-1-4-8-15/h1,3-4,7-8,16-20H,2,5-6,9-14H2. The van der Waals surface area contributed by atoms with Crippen LogP contribution in [0.15, 0.2) is 30.3 Å². The maximum Gasteiger partial charge on any atom is 0.214 e. The first-order chi connectivity index (χ1) is 11.6. The molecule has 4 rings (SSSR count). The molecule has 1 saturated carbocycles. The van der Waals surface area contributed by atoms with Gasteiger partial charge in [0.1, 0.15) is 0 Å². The summed E-state index contributed by atoms with van der Waals surface area (Å²) >= 11 is 0. The molecule has 24 heavy (non-hydrogen) atoms. The van der Waals surface area contributed by atoms with E-state index in [1.54, 1.807) is 0 Å². The smallest absolute Gasteiger partial charge is 0.214 e. The van der Waals surface area contributed by atoms with Crippen LogP contribution in [-0.2, 0) is 16.6 Å². The van der Waals surface area contributed by atoms with Crippen LogP contribution in [0.25, 0.3) is 0 Å². The summed E-state index contributed by atoms with van der Waals surface area (Å²) in [5.41, 5.74) is 1.35. The van der Waals surface area contributed by atoms with Gasteiger partial charge in [0.15, 0.2) is 0 Å². The van der Waals surface area contributed by atoms with Gasteiger partial charge < -0.3 is 0 Å². The fourth-order valence-electron chi connectivity index (χ4n) is 5.17. The van der Waals surface area contributed by atoms with E-state index in [-0.39, 0.29) is 5.25 Å². The molecule has 0 bridgehead atoms. The SMILES string of the molecule is O=S1(=O)NCC2CN(Cc3ccccc3)CC2C2CCCCCC21. The lowest BCUT2D eigenvalue weighted by atomic mass is 9.79. The fraction of sp³-hybridized carbons (Fsp3) is 0.684. The Labute approximate surface area is 145 Å². The van der Waals surface area contributed by atoms with Gasteiger partial charge in [-0.25, -0.2) is 13.1 Å². The van der Waals surface area contributed by atoms with Crippen LogP contribution in [0.4, 0.5) is 0 Å². The zero-order chi connectivity index (χ0) is 16.6. The number of rotatable bonds is 2. The second-order valence-corrected chi connectivity index (χ2v) is 9.82. The fourth-order valence-corrected chi connectivity index (χ4v) is 7.10. The Balaban J connectivity index is 1.54. The zero-order valence-corrected chi connectivity index (χ0v) is 15.0. The first-order valence-electron chi connectivity index (χ1n) is 9.38. The second-order valence-electron chi connectivity index (χ2n) is 7.84. The molecule has 2 aliphatic heterocycles. The number of sulfonamides is 1. The molecule has 0 amide bonds. The van der Waals surface area contributed by atoms with Gasteiger partial charge in [0.2, 0.25) is 10.0 Å². The molecule has 5 heteroatoms. The van der Waals surface area contributed by atoms with Crippen molar-refractivity contribution < 1.29 is 8.42 Å². The van der Waals surface area contributed by atoms with Gasteiger partial charge in [0.05, 0.1) is 5.25 Å². The number of hydrogen-bond acceptors (Lipinski definition) is 3. The molecule has 1 aliphatic carbocycles. The van der Waals surface area contributed by atoms with Gasteiger partial charge in [0.25, 0.3) is 0 Å². The maximum absolute atomic E-state index is 12.7. The number of fused-ring (bicyclic) bond motifs is 3. The van der Waals surface area contributed by atoms with Crippen LogP contribution in [0.3, 0.4) is 0 Å². The van der Waals surface area contributed by atoms with Crippen molar-refractivity contribution in [3.8, 4) is 0 Å². The van der Waals surface area contributed by atoms with Crippen molar-refractivity contribution in [3.05, 3.63) is 35.9 Å². The Bertz CT molecular complexity index is 661. The highest BCUT2D eigenvalue weighted by atomic mass is 32.2. The molecule has 0 spiro atoms. The maximum atomic E-state index is 12.7. The van der Waals surface area contributed by atoms with Crippen molar-refractivity contribution in [2.45, 2.75) is 43.9 Å². The van der Waals surface area contributed by atoms with Gasteiger partial charge in [-0.3, -0.25) is 4.90 Å². The molecule has 3 aliphatic rings. The third kappa shape index (κ3) is 3.26. The molecule has 0 radical (unpaired) electrons. The van der Waals surface area contributed by atoms with E-state index in [9.17, 15) is 8.42 Å². The van der Waals surface area contributed by atoms with Gasteiger partial charge in [-0.1, -0.05) is 49.6 Å². The molecular weight excluding hydrogens is 320 g/mol. The van der Waals surface area contributed by atoms with Crippen molar-refractivity contribution in [3.63, 3.8) is 0 Å². The molecule has 132 valence electrons. The minimum absolute atomic E-state index is 0.160. The van der Waals surface area contributed by atoms with E-state index in [4.69, 9.17) is 0 Å². The van der Waals surface area contributed by atoms with Crippen molar-refractivity contribution in [2.75, 3.05) is 19.6 Å². The minimum Gasteiger partial charge on any atom is -0.298 e. The molecule has 4 unspecified atom stereocenters. The van der Waals surface area contributed by atoms with Gasteiger partial charge in [0, 0.05) is 26.2 Å². The van der Waals surface area contributed by atoms with Gasteiger partial charge in [-0.15, -0.1) is 0 Å². The Kier molecular flexibility index (Phi) is 4.67. The average Bonchev–Trinajstić information content (AvgIpc) is 2.76. The summed E-state index contributed by atoms with van der Waals surface area (Å²) < 4.78 is 28.3. The Morgan fingerprint density at radius 1 is 1.00 bits per heavy atom. The third-order valence-electron chi connectivity index (χ3n) is 6.32. The number of nitrogens with zero attached hydrogens (tertiary/aromatic N) is 1. The summed E-state index contributed by atoms with van der Waals surface area (Å²) in [5.74, 6) is 1.34. The third-order valence-corrected chi connectivity index (χ3v) is 8.27. The highest BCUT2D eigenvalue weighted by Gasteiger charge is 2.47. The van der Waals surface area contributed by atoms with Crippen molar-refractivity contribution in [2.24, 2.45) is 17.8 Å². The van der Waals surface area contributed by atoms with Crippen LogP contribution in [-0.4, -0.2) is 38.2 Å². The predicted octanol–water partition coefficient (Wildman–Crippen LogP) is 2.62. The lowest BCUT2D eigenvalue weighted by molar-refractivity contribution is 0.253. The topological polar surface area (TPSA) is 49.4 Å². The number of hydrogen-bond donors (Lipinski definition) is 1. The number of likely N-dealkylation sites (tertiary alicyclic amines) is 1. The monoisotopic (exact) mass is 348 g/mol. The van der Waals surface area contributed by atoms with Crippen LogP contribution >= 0.6 is 0 Å². The predicted molar refractivity (Wildman–Crippen MR) is 96.0 cm³/mol. The van der Waals surface area contributed by atoms with E-state index < -0.39 is 10.0 Å². The summed E-state index contributed by atoms with van der Waals surface area (Å²) in [5, 5.41) is -0.160. The second kappa shape index (κ2) is 6.77. The number of nitrogens with one attached hydrogen (secondary N) is 1. The summed E-state index contributed by atoms with van der Waals surface area (Å²) in [7, 11) is -3.13. The van der Waals surface area contributed by atoms with E-state index in [2.05, 4.69) is 40.0 Å². The normalized spacial score (nSPS) is 36.3. The Morgan fingerprint density at radius 3 is 2.62 bits per heavy atom. The zero-order valence-electron chi connectivity index (χ0n) is 14.2. The van der Waals surface area contributed by atoms with Gasteiger partial charge in [-0.2, -0.15) is 0 Å². The molecule has 3 fully saturated rings. The molecule has 2 saturated heterocycles. The Hall–Kier alpha value is -0.910. The quantitative estimate of drug-likeness (QED) is 0.894. The van der Waals surface area contributed by atoms with Crippen LogP contribution in [0.1, 0.15) is 37.7 Å². The van der Waals surface area contributed by atoms with Crippen molar-refractivity contribution in [1.29, 1.82) is 0 Å².